The summed E-state index contributed by atoms with van der Waals surface area (Å²) < 4.78 is 0. The summed E-state index contributed by atoms with van der Waals surface area (Å²) in [6.45, 7) is 2.76. The first kappa shape index (κ1) is 28.1. The smallest absolute Gasteiger partial charge is 0.326 e. The maximum absolute atomic E-state index is 13.0. The number of carboxylic acids is 1. The zero-order valence-electron chi connectivity index (χ0n) is 19.9. The second-order valence-electron chi connectivity index (χ2n) is 8.32. The molecule has 0 unspecified atom stereocenters. The second kappa shape index (κ2) is 13.1. The zero-order chi connectivity index (χ0) is 26.1. The Kier molecular flexibility index (Phi) is 10.6. The number of nitrogens with one attached hydrogen (secondary N) is 4. The van der Waals surface area contributed by atoms with Gasteiger partial charge in [0.15, 0.2) is 0 Å². The van der Waals surface area contributed by atoms with Crippen molar-refractivity contribution < 1.29 is 29.4 Å². The molecule has 5 atom stereocenters. The fraction of sp³-hybridized carbons (Fsp3) is 0.478. The van der Waals surface area contributed by atoms with E-state index in [0.29, 0.717) is 5.75 Å². The van der Waals surface area contributed by atoms with E-state index in [2.05, 4.69) is 20.9 Å². The summed E-state index contributed by atoms with van der Waals surface area (Å²) in [6, 6.07) is 2.87. The molecule has 2 rings (SSSR count). The summed E-state index contributed by atoms with van der Waals surface area (Å²) in [5, 5.41) is 28.0. The van der Waals surface area contributed by atoms with Crippen molar-refractivity contribution in [1.82, 2.24) is 20.9 Å². The van der Waals surface area contributed by atoms with Gasteiger partial charge in [0.25, 0.3) is 0 Å². The Hall–Kier alpha value is -3.09. The lowest BCUT2D eigenvalue weighted by Gasteiger charge is -2.26. The van der Waals surface area contributed by atoms with E-state index in [1.165, 1.54) is 25.6 Å². The van der Waals surface area contributed by atoms with E-state index in [-0.39, 0.29) is 12.8 Å². The Bertz CT molecular complexity index is 1040. The Labute approximate surface area is 207 Å². The van der Waals surface area contributed by atoms with Gasteiger partial charge in [-0.3, -0.25) is 14.4 Å². The third kappa shape index (κ3) is 7.98. The molecule has 0 aliphatic rings. The highest BCUT2D eigenvalue weighted by molar-refractivity contribution is 7.98. The number of carbonyl (C=O) groups excluding carboxylic acids is 3. The molecule has 0 spiro atoms. The molecule has 12 heteroatoms. The van der Waals surface area contributed by atoms with Crippen LogP contribution in [0.4, 0.5) is 0 Å². The van der Waals surface area contributed by atoms with Gasteiger partial charge in [0, 0.05) is 23.5 Å². The number of aromatic nitrogens is 1. The van der Waals surface area contributed by atoms with Gasteiger partial charge < -0.3 is 36.9 Å². The summed E-state index contributed by atoms with van der Waals surface area (Å²) in [4.78, 5) is 52.8. The number of H-pyrrole nitrogens is 1. The molecular weight excluding hydrogens is 474 g/mol. The van der Waals surface area contributed by atoms with Crippen LogP contribution in [0.5, 0.6) is 0 Å². The van der Waals surface area contributed by atoms with Crippen LogP contribution in [0.1, 0.15) is 25.8 Å². The minimum absolute atomic E-state index is 0.0367. The second-order valence-corrected chi connectivity index (χ2v) is 9.31. The number of aliphatic carboxylic acids is 1. The Morgan fingerprint density at radius 3 is 2.29 bits per heavy atom. The van der Waals surface area contributed by atoms with Crippen molar-refractivity contribution in [3.63, 3.8) is 0 Å². The summed E-state index contributed by atoms with van der Waals surface area (Å²) in [5.41, 5.74) is 7.10. The molecule has 1 aromatic heterocycles. The van der Waals surface area contributed by atoms with Crippen LogP contribution in [0.15, 0.2) is 30.5 Å². The fourth-order valence-corrected chi connectivity index (χ4v) is 3.92. The largest absolute Gasteiger partial charge is 0.480 e. The maximum atomic E-state index is 13.0. The monoisotopic (exact) mass is 507 g/mol. The third-order valence-electron chi connectivity index (χ3n) is 5.43. The number of fused-ring (bicyclic) bond motifs is 1. The topological polar surface area (TPSA) is 187 Å². The van der Waals surface area contributed by atoms with Crippen LogP contribution in [-0.2, 0) is 25.6 Å². The SMILES string of the molecule is CSCC[C@H](NC(=O)[C@@H](NC(=O)[C@H](C)N)[C@@H](C)O)C(=O)N[C@@H](Cc1c[nH]c2ccccc12)C(=O)O. The number of carboxylic acid groups (broad SMARTS) is 1. The molecule has 0 saturated carbocycles. The quantitative estimate of drug-likeness (QED) is 0.193. The molecule has 1 heterocycles. The normalized spacial score (nSPS) is 15.5. The lowest BCUT2D eigenvalue weighted by atomic mass is 10.0. The summed E-state index contributed by atoms with van der Waals surface area (Å²) in [5.74, 6) is -2.81. The molecule has 0 saturated heterocycles. The molecule has 0 aliphatic carbocycles. The third-order valence-corrected chi connectivity index (χ3v) is 6.08. The molecule has 3 amide bonds. The highest BCUT2D eigenvalue weighted by atomic mass is 32.2. The number of aliphatic hydroxyl groups excluding tert-OH is 1. The maximum Gasteiger partial charge on any atom is 0.326 e. The first-order valence-electron chi connectivity index (χ1n) is 11.2. The molecule has 35 heavy (non-hydrogen) atoms. The van der Waals surface area contributed by atoms with Crippen molar-refractivity contribution >= 4 is 46.4 Å². The average molecular weight is 508 g/mol. The Balaban J connectivity index is 2.16. The number of carbonyl (C=O) groups is 4. The van der Waals surface area contributed by atoms with E-state index in [1.54, 1.807) is 6.20 Å². The number of amides is 3. The number of nitrogens with two attached hydrogens (primary N) is 1. The number of aliphatic hydroxyl groups is 1. The van der Waals surface area contributed by atoms with Crippen LogP contribution in [0.25, 0.3) is 10.9 Å². The summed E-state index contributed by atoms with van der Waals surface area (Å²) in [6.07, 6.45) is 2.53. The molecule has 0 fully saturated rings. The number of rotatable bonds is 13. The van der Waals surface area contributed by atoms with E-state index < -0.39 is 54.0 Å². The van der Waals surface area contributed by atoms with Crippen molar-refractivity contribution in [2.75, 3.05) is 12.0 Å². The minimum Gasteiger partial charge on any atom is -0.480 e. The highest BCUT2D eigenvalue weighted by Gasteiger charge is 2.32. The van der Waals surface area contributed by atoms with Crippen LogP contribution >= 0.6 is 11.8 Å². The van der Waals surface area contributed by atoms with Gasteiger partial charge in [-0.2, -0.15) is 11.8 Å². The summed E-state index contributed by atoms with van der Waals surface area (Å²) >= 11 is 1.45. The van der Waals surface area contributed by atoms with Crippen molar-refractivity contribution in [2.24, 2.45) is 5.73 Å². The molecule has 0 bridgehead atoms. The number of hydrogen-bond acceptors (Lipinski definition) is 7. The fourth-order valence-electron chi connectivity index (χ4n) is 3.45. The molecule has 2 aromatic rings. The average Bonchev–Trinajstić information content (AvgIpc) is 3.21. The first-order valence-corrected chi connectivity index (χ1v) is 12.6. The van der Waals surface area contributed by atoms with Crippen LogP contribution in [-0.4, -0.2) is 81.2 Å². The number of aromatic amines is 1. The van der Waals surface area contributed by atoms with Gasteiger partial charge in [-0.05, 0) is 43.9 Å². The van der Waals surface area contributed by atoms with Crippen LogP contribution in [0, 0.1) is 0 Å². The molecule has 0 aliphatic heterocycles. The minimum atomic E-state index is -1.33. The molecule has 8 N–H and O–H groups in total. The predicted octanol–water partition coefficient (Wildman–Crippen LogP) is -0.269. The number of hydrogen-bond donors (Lipinski definition) is 7. The van der Waals surface area contributed by atoms with Gasteiger partial charge in [-0.25, -0.2) is 4.79 Å². The molecule has 11 nitrogen and oxygen atoms in total. The molecule has 192 valence electrons. The number of thioether (sulfide) groups is 1. The van der Waals surface area contributed by atoms with E-state index in [4.69, 9.17) is 5.73 Å². The van der Waals surface area contributed by atoms with Gasteiger partial charge in [-0.15, -0.1) is 0 Å². The lowest BCUT2D eigenvalue weighted by molar-refractivity contribution is -0.142. The van der Waals surface area contributed by atoms with Crippen LogP contribution < -0.4 is 21.7 Å². The molecular formula is C23H33N5O6S. The number of para-hydroxylation sites is 1. The predicted molar refractivity (Wildman–Crippen MR) is 134 cm³/mol. The lowest BCUT2D eigenvalue weighted by Crippen LogP contribution is -2.59. The van der Waals surface area contributed by atoms with E-state index >= 15 is 0 Å². The van der Waals surface area contributed by atoms with E-state index in [0.717, 1.165) is 16.5 Å². The van der Waals surface area contributed by atoms with Crippen LogP contribution in [0.2, 0.25) is 0 Å². The standard InChI is InChI=1S/C23H33N5O6S/c1-12(24)20(30)28-19(13(2)29)22(32)26-17(8-9-35-3)21(31)27-18(23(33)34)10-14-11-25-16-7-5-4-6-15(14)16/h4-7,11-13,17-19,25,29H,8-10,24H2,1-3H3,(H,26,32)(H,27,31)(H,28,30)(H,33,34)/t12-,13+,17-,18-,19-/m0/s1. The van der Waals surface area contributed by atoms with Crippen molar-refractivity contribution in [2.45, 2.75) is 57.0 Å². The van der Waals surface area contributed by atoms with Crippen molar-refractivity contribution in [3.05, 3.63) is 36.0 Å². The molecule has 0 radical (unpaired) electrons. The summed E-state index contributed by atoms with van der Waals surface area (Å²) in [7, 11) is 0. The Morgan fingerprint density at radius 2 is 1.69 bits per heavy atom. The van der Waals surface area contributed by atoms with Crippen LogP contribution in [0.3, 0.4) is 0 Å². The van der Waals surface area contributed by atoms with Gasteiger partial charge in [0.2, 0.25) is 17.7 Å². The Morgan fingerprint density at radius 1 is 1.03 bits per heavy atom. The van der Waals surface area contributed by atoms with Crippen molar-refractivity contribution in [1.29, 1.82) is 0 Å². The zero-order valence-corrected chi connectivity index (χ0v) is 20.7. The number of benzene rings is 1. The molecule has 1 aromatic carbocycles. The highest BCUT2D eigenvalue weighted by Crippen LogP contribution is 2.19. The van der Waals surface area contributed by atoms with Gasteiger partial charge >= 0.3 is 5.97 Å². The van der Waals surface area contributed by atoms with E-state index in [1.807, 2.05) is 30.5 Å². The van der Waals surface area contributed by atoms with Crippen molar-refractivity contribution in [3.8, 4) is 0 Å². The first-order chi connectivity index (χ1) is 16.5. The van der Waals surface area contributed by atoms with E-state index in [9.17, 15) is 29.4 Å². The van der Waals surface area contributed by atoms with Gasteiger partial charge in [0.05, 0.1) is 12.1 Å². The van der Waals surface area contributed by atoms with Gasteiger partial charge in [-0.1, -0.05) is 18.2 Å². The van der Waals surface area contributed by atoms with Gasteiger partial charge in [0.1, 0.15) is 18.1 Å².